The number of halogens is 4. The van der Waals surface area contributed by atoms with Gasteiger partial charge in [-0.15, -0.1) is 0 Å². The van der Waals surface area contributed by atoms with Gasteiger partial charge < -0.3 is 9.88 Å². The van der Waals surface area contributed by atoms with Crippen LogP contribution in [0.3, 0.4) is 0 Å². The van der Waals surface area contributed by atoms with E-state index in [-0.39, 0.29) is 16.2 Å². The van der Waals surface area contributed by atoms with E-state index in [4.69, 9.17) is 11.6 Å². The number of fused-ring (bicyclic) bond motifs is 3. The molecule has 0 saturated heterocycles. The second-order valence-corrected chi connectivity index (χ2v) is 7.38. The van der Waals surface area contributed by atoms with Gasteiger partial charge in [-0.3, -0.25) is 0 Å². The Morgan fingerprint density at radius 1 is 1.16 bits per heavy atom. The first-order valence-corrected chi connectivity index (χ1v) is 8.16. The van der Waals surface area contributed by atoms with Crippen molar-refractivity contribution in [2.75, 3.05) is 0 Å². The lowest BCUT2D eigenvalue weighted by molar-refractivity contribution is -0.139. The van der Waals surface area contributed by atoms with Crippen LogP contribution in [0.15, 0.2) is 24.5 Å². The van der Waals surface area contributed by atoms with E-state index < -0.39 is 12.7 Å². The third kappa shape index (κ3) is 3.88. The Labute approximate surface area is 148 Å². The van der Waals surface area contributed by atoms with Gasteiger partial charge in [-0.25, -0.2) is 9.97 Å². The number of hydrogen-bond acceptors (Lipinski definition) is 3. The van der Waals surface area contributed by atoms with Crippen molar-refractivity contribution in [1.82, 2.24) is 19.9 Å². The molecule has 0 aliphatic carbocycles. The number of benzene rings is 1. The maximum atomic E-state index is 13.0. The van der Waals surface area contributed by atoms with Gasteiger partial charge in [-0.1, -0.05) is 17.7 Å². The normalized spacial score (nSPS) is 13.1. The van der Waals surface area contributed by atoms with Crippen LogP contribution in [0.2, 0.25) is 5.15 Å². The Hall–Kier alpha value is -1.86. The van der Waals surface area contributed by atoms with Crippen molar-refractivity contribution < 1.29 is 13.2 Å². The van der Waals surface area contributed by atoms with Gasteiger partial charge in [0.2, 0.25) is 0 Å². The Morgan fingerprint density at radius 2 is 1.88 bits per heavy atom. The van der Waals surface area contributed by atoms with Gasteiger partial charge in [-0.2, -0.15) is 13.2 Å². The van der Waals surface area contributed by atoms with Crippen molar-refractivity contribution in [2.24, 2.45) is 0 Å². The molecule has 1 aromatic carbocycles. The molecule has 4 nitrogen and oxygen atoms in total. The standard InChI is InChI=1S/C17H18ClF3N4/c1-16(2,3)24-7-10-4-5-12-11(6-10)13-14(15(18)23-9-22-13)25(12)8-17(19,20)21/h4-6,9,24H,7-8H2,1-3H3. The highest BCUT2D eigenvalue weighted by Crippen LogP contribution is 2.34. The predicted molar refractivity (Wildman–Crippen MR) is 92.7 cm³/mol. The molecule has 2 aromatic heterocycles. The van der Waals surface area contributed by atoms with Crippen molar-refractivity contribution in [1.29, 1.82) is 0 Å². The van der Waals surface area contributed by atoms with Gasteiger partial charge in [0.05, 0.1) is 5.52 Å². The smallest absolute Gasteiger partial charge is 0.327 e. The Kier molecular flexibility index (Phi) is 4.41. The topological polar surface area (TPSA) is 42.7 Å². The molecule has 25 heavy (non-hydrogen) atoms. The van der Waals surface area contributed by atoms with E-state index in [2.05, 4.69) is 15.3 Å². The molecule has 8 heteroatoms. The molecule has 3 aromatic rings. The molecule has 2 heterocycles. The van der Waals surface area contributed by atoms with Crippen LogP contribution in [0.5, 0.6) is 0 Å². The highest BCUT2D eigenvalue weighted by atomic mass is 35.5. The minimum absolute atomic E-state index is 0.0137. The summed E-state index contributed by atoms with van der Waals surface area (Å²) < 4.78 is 40.2. The molecule has 0 radical (unpaired) electrons. The van der Waals surface area contributed by atoms with Gasteiger partial charge in [0.25, 0.3) is 0 Å². The van der Waals surface area contributed by atoms with E-state index in [1.165, 1.54) is 6.33 Å². The molecule has 1 N–H and O–H groups in total. The fraction of sp³-hybridized carbons (Fsp3) is 0.412. The quantitative estimate of drug-likeness (QED) is 0.680. The van der Waals surface area contributed by atoms with Gasteiger partial charge in [0.15, 0.2) is 5.15 Å². The average Bonchev–Trinajstić information content (AvgIpc) is 2.78. The fourth-order valence-corrected chi connectivity index (χ4v) is 2.98. The minimum atomic E-state index is -4.37. The Bertz CT molecular complexity index is 925. The molecule has 0 amide bonds. The van der Waals surface area contributed by atoms with E-state index in [1.807, 2.05) is 32.9 Å². The largest absolute Gasteiger partial charge is 0.406 e. The third-order valence-electron chi connectivity index (χ3n) is 3.81. The van der Waals surface area contributed by atoms with Gasteiger partial charge in [-0.05, 0) is 38.5 Å². The lowest BCUT2D eigenvalue weighted by Crippen LogP contribution is -2.35. The van der Waals surface area contributed by atoms with Crippen LogP contribution in [-0.4, -0.2) is 26.3 Å². The summed E-state index contributed by atoms with van der Waals surface area (Å²) in [6, 6.07) is 5.35. The van der Waals surface area contributed by atoms with Crippen LogP contribution in [0.1, 0.15) is 26.3 Å². The average molecular weight is 371 g/mol. The first kappa shape index (κ1) is 17.9. The van der Waals surface area contributed by atoms with Crippen LogP contribution in [-0.2, 0) is 13.1 Å². The Morgan fingerprint density at radius 3 is 2.52 bits per heavy atom. The van der Waals surface area contributed by atoms with E-state index in [0.717, 1.165) is 10.1 Å². The van der Waals surface area contributed by atoms with E-state index >= 15 is 0 Å². The maximum Gasteiger partial charge on any atom is 0.406 e. The SMILES string of the molecule is CC(C)(C)NCc1ccc2c(c1)c1ncnc(Cl)c1n2CC(F)(F)F. The molecular formula is C17H18ClF3N4. The second kappa shape index (κ2) is 6.14. The van der Waals surface area contributed by atoms with Crippen LogP contribution < -0.4 is 5.32 Å². The summed E-state index contributed by atoms with van der Waals surface area (Å²) in [5, 5.41) is 4.01. The van der Waals surface area contributed by atoms with Crippen molar-refractivity contribution in [3.8, 4) is 0 Å². The molecule has 0 atom stereocenters. The van der Waals surface area contributed by atoms with Gasteiger partial charge in [0, 0.05) is 17.5 Å². The number of nitrogens with one attached hydrogen (secondary N) is 1. The number of nitrogens with zero attached hydrogens (tertiary/aromatic N) is 3. The van der Waals surface area contributed by atoms with Crippen molar-refractivity contribution in [3.63, 3.8) is 0 Å². The molecule has 0 aliphatic rings. The number of hydrogen-bond donors (Lipinski definition) is 1. The van der Waals surface area contributed by atoms with Gasteiger partial charge >= 0.3 is 6.18 Å². The zero-order chi connectivity index (χ0) is 18.4. The molecule has 0 aliphatic heterocycles. The number of rotatable bonds is 3. The van der Waals surface area contributed by atoms with Crippen molar-refractivity contribution >= 4 is 33.5 Å². The summed E-state index contributed by atoms with van der Waals surface area (Å²) in [6.45, 7) is 5.61. The summed E-state index contributed by atoms with van der Waals surface area (Å²) >= 11 is 6.07. The second-order valence-electron chi connectivity index (χ2n) is 7.02. The van der Waals surface area contributed by atoms with E-state index in [1.54, 1.807) is 6.07 Å². The highest BCUT2D eigenvalue weighted by molar-refractivity contribution is 6.34. The molecule has 134 valence electrons. The zero-order valence-corrected chi connectivity index (χ0v) is 14.8. The fourth-order valence-electron chi connectivity index (χ4n) is 2.74. The first-order chi connectivity index (χ1) is 11.6. The molecule has 0 unspecified atom stereocenters. The minimum Gasteiger partial charge on any atom is -0.327 e. The summed E-state index contributed by atoms with van der Waals surface area (Å²) in [4.78, 5) is 8.00. The lowest BCUT2D eigenvalue weighted by atomic mass is 10.1. The number of alkyl halides is 3. The molecular weight excluding hydrogens is 353 g/mol. The monoisotopic (exact) mass is 370 g/mol. The Balaban J connectivity index is 2.17. The predicted octanol–water partition coefficient (Wildman–Crippen LogP) is 4.69. The van der Waals surface area contributed by atoms with Crippen LogP contribution in [0, 0.1) is 0 Å². The maximum absolute atomic E-state index is 13.0. The zero-order valence-electron chi connectivity index (χ0n) is 14.1. The summed E-state index contributed by atoms with van der Waals surface area (Å²) in [7, 11) is 0. The van der Waals surface area contributed by atoms with Crippen LogP contribution in [0.4, 0.5) is 13.2 Å². The molecule has 0 bridgehead atoms. The molecule has 3 rings (SSSR count). The van der Waals surface area contributed by atoms with Gasteiger partial charge in [0.1, 0.15) is 23.9 Å². The van der Waals surface area contributed by atoms with Crippen molar-refractivity contribution in [3.05, 3.63) is 35.2 Å². The molecule has 0 fully saturated rings. The summed E-state index contributed by atoms with van der Waals surface area (Å²) in [6.07, 6.45) is -3.10. The highest BCUT2D eigenvalue weighted by Gasteiger charge is 2.30. The lowest BCUT2D eigenvalue weighted by Gasteiger charge is -2.20. The van der Waals surface area contributed by atoms with Crippen molar-refractivity contribution in [2.45, 2.75) is 45.6 Å². The van der Waals surface area contributed by atoms with E-state index in [0.29, 0.717) is 23.0 Å². The van der Waals surface area contributed by atoms with Crippen LogP contribution >= 0.6 is 11.6 Å². The third-order valence-corrected chi connectivity index (χ3v) is 4.09. The summed E-state index contributed by atoms with van der Waals surface area (Å²) in [5.41, 5.74) is 1.97. The molecule has 0 saturated carbocycles. The first-order valence-electron chi connectivity index (χ1n) is 7.78. The number of aromatic nitrogens is 3. The van der Waals surface area contributed by atoms with Crippen LogP contribution in [0.25, 0.3) is 21.9 Å². The summed E-state index contributed by atoms with van der Waals surface area (Å²) in [5.74, 6) is 0. The molecule has 0 spiro atoms. The van der Waals surface area contributed by atoms with E-state index in [9.17, 15) is 13.2 Å².